The summed E-state index contributed by atoms with van der Waals surface area (Å²) in [5.41, 5.74) is 11.5. The lowest BCUT2D eigenvalue weighted by Gasteiger charge is -2.12. The van der Waals surface area contributed by atoms with Crippen LogP contribution in [0.5, 0.6) is 5.75 Å². The van der Waals surface area contributed by atoms with Crippen LogP contribution >= 0.6 is 0 Å². The summed E-state index contributed by atoms with van der Waals surface area (Å²) >= 11 is 0. The molecule has 4 rings (SSSR count). The standard InChI is InChI=1S/C20H16N4O/c1-12-4-6-14(25)10-16(12)19-15(3-2-8-22-19)13-5-7-18-17(9-13)20(21)24-11-23-18/h2-11,25H,1H3,(H2,21,23,24). The molecule has 0 saturated heterocycles. The highest BCUT2D eigenvalue weighted by Gasteiger charge is 2.13. The van der Waals surface area contributed by atoms with E-state index in [0.717, 1.165) is 38.9 Å². The Labute approximate surface area is 144 Å². The number of nitrogens with two attached hydrogens (primary N) is 1. The average Bonchev–Trinajstić information content (AvgIpc) is 2.64. The predicted octanol–water partition coefficient (Wildman–Crippen LogP) is 3.96. The minimum atomic E-state index is 0.216. The van der Waals surface area contributed by atoms with Crippen molar-refractivity contribution in [3.8, 4) is 28.1 Å². The molecule has 5 nitrogen and oxygen atoms in total. The second kappa shape index (κ2) is 5.87. The Kier molecular flexibility index (Phi) is 3.54. The number of phenols is 1. The van der Waals surface area contributed by atoms with E-state index < -0.39 is 0 Å². The van der Waals surface area contributed by atoms with E-state index in [9.17, 15) is 5.11 Å². The zero-order valence-corrected chi connectivity index (χ0v) is 13.6. The first kappa shape index (κ1) is 15.1. The molecule has 4 aromatic rings. The van der Waals surface area contributed by atoms with Crippen LogP contribution in [0.3, 0.4) is 0 Å². The molecule has 0 spiro atoms. The molecule has 0 amide bonds. The van der Waals surface area contributed by atoms with E-state index in [-0.39, 0.29) is 5.75 Å². The van der Waals surface area contributed by atoms with Crippen LogP contribution < -0.4 is 5.73 Å². The second-order valence-corrected chi connectivity index (χ2v) is 5.89. The maximum Gasteiger partial charge on any atom is 0.134 e. The molecular weight excluding hydrogens is 312 g/mol. The van der Waals surface area contributed by atoms with E-state index in [2.05, 4.69) is 15.0 Å². The zero-order chi connectivity index (χ0) is 17.4. The molecule has 0 fully saturated rings. The van der Waals surface area contributed by atoms with Crippen molar-refractivity contribution in [2.75, 3.05) is 5.73 Å². The van der Waals surface area contributed by atoms with Gasteiger partial charge >= 0.3 is 0 Å². The minimum Gasteiger partial charge on any atom is -0.508 e. The van der Waals surface area contributed by atoms with E-state index in [1.807, 2.05) is 43.3 Å². The van der Waals surface area contributed by atoms with Crippen molar-refractivity contribution in [1.82, 2.24) is 15.0 Å². The van der Waals surface area contributed by atoms with E-state index in [4.69, 9.17) is 5.73 Å². The van der Waals surface area contributed by atoms with E-state index in [1.165, 1.54) is 6.33 Å². The topological polar surface area (TPSA) is 84.9 Å². The molecule has 0 unspecified atom stereocenters. The lowest BCUT2D eigenvalue weighted by Crippen LogP contribution is -1.95. The number of fused-ring (bicyclic) bond motifs is 1. The number of benzene rings is 2. The molecule has 0 bridgehead atoms. The SMILES string of the molecule is Cc1ccc(O)cc1-c1ncccc1-c1ccc2ncnc(N)c2c1. The molecule has 25 heavy (non-hydrogen) atoms. The Hall–Kier alpha value is -3.47. The van der Waals surface area contributed by atoms with Crippen molar-refractivity contribution in [2.24, 2.45) is 0 Å². The largest absolute Gasteiger partial charge is 0.508 e. The monoisotopic (exact) mass is 328 g/mol. The van der Waals surface area contributed by atoms with Crippen LogP contribution in [-0.2, 0) is 0 Å². The van der Waals surface area contributed by atoms with Gasteiger partial charge in [0.25, 0.3) is 0 Å². The van der Waals surface area contributed by atoms with Crippen LogP contribution in [0.15, 0.2) is 61.1 Å². The lowest BCUT2D eigenvalue weighted by atomic mass is 9.95. The van der Waals surface area contributed by atoms with Gasteiger partial charge in [0.05, 0.1) is 11.2 Å². The number of phenolic OH excluding ortho intramolecular Hbond substituents is 1. The number of aromatic nitrogens is 3. The molecule has 0 aliphatic heterocycles. The summed E-state index contributed by atoms with van der Waals surface area (Å²) < 4.78 is 0. The highest BCUT2D eigenvalue weighted by atomic mass is 16.3. The third-order valence-electron chi connectivity index (χ3n) is 4.26. The van der Waals surface area contributed by atoms with Gasteiger partial charge in [0.15, 0.2) is 0 Å². The van der Waals surface area contributed by atoms with E-state index in [1.54, 1.807) is 18.3 Å². The van der Waals surface area contributed by atoms with Gasteiger partial charge in [-0.05, 0) is 48.4 Å². The van der Waals surface area contributed by atoms with Gasteiger partial charge in [0, 0.05) is 22.7 Å². The molecule has 0 aliphatic rings. The Morgan fingerprint density at radius 2 is 1.80 bits per heavy atom. The number of aryl methyl sites for hydroxylation is 1. The van der Waals surface area contributed by atoms with Crippen molar-refractivity contribution in [3.05, 3.63) is 66.6 Å². The van der Waals surface area contributed by atoms with Crippen molar-refractivity contribution in [1.29, 1.82) is 0 Å². The predicted molar refractivity (Wildman–Crippen MR) is 99.0 cm³/mol. The first-order chi connectivity index (χ1) is 12.1. The fourth-order valence-electron chi connectivity index (χ4n) is 2.96. The Balaban J connectivity index is 1.96. The maximum atomic E-state index is 9.88. The Morgan fingerprint density at radius 3 is 2.68 bits per heavy atom. The van der Waals surface area contributed by atoms with Crippen LogP contribution in [-0.4, -0.2) is 20.1 Å². The Morgan fingerprint density at radius 1 is 0.920 bits per heavy atom. The highest BCUT2D eigenvalue weighted by molar-refractivity contribution is 5.93. The van der Waals surface area contributed by atoms with Gasteiger partial charge in [-0.3, -0.25) is 4.98 Å². The summed E-state index contributed by atoms with van der Waals surface area (Å²) in [5, 5.41) is 10.7. The molecular formula is C20H16N4O. The zero-order valence-electron chi connectivity index (χ0n) is 13.6. The van der Waals surface area contributed by atoms with Gasteiger partial charge in [0.2, 0.25) is 0 Å². The molecule has 0 aliphatic carbocycles. The molecule has 2 aromatic carbocycles. The average molecular weight is 328 g/mol. The molecule has 5 heteroatoms. The van der Waals surface area contributed by atoms with Gasteiger partial charge in [-0.15, -0.1) is 0 Å². The van der Waals surface area contributed by atoms with Gasteiger partial charge in [0.1, 0.15) is 17.9 Å². The smallest absolute Gasteiger partial charge is 0.134 e. The van der Waals surface area contributed by atoms with Crippen molar-refractivity contribution in [3.63, 3.8) is 0 Å². The minimum absolute atomic E-state index is 0.216. The van der Waals surface area contributed by atoms with Gasteiger partial charge in [-0.25, -0.2) is 9.97 Å². The summed E-state index contributed by atoms with van der Waals surface area (Å²) in [6, 6.07) is 15.1. The van der Waals surface area contributed by atoms with Gasteiger partial charge < -0.3 is 10.8 Å². The number of hydrogen-bond donors (Lipinski definition) is 2. The number of aromatic hydroxyl groups is 1. The van der Waals surface area contributed by atoms with E-state index >= 15 is 0 Å². The first-order valence-electron chi connectivity index (χ1n) is 7.89. The van der Waals surface area contributed by atoms with Crippen molar-refractivity contribution in [2.45, 2.75) is 6.92 Å². The number of anilines is 1. The highest BCUT2D eigenvalue weighted by Crippen LogP contribution is 2.35. The summed E-state index contributed by atoms with van der Waals surface area (Å²) in [6.45, 7) is 2.00. The maximum absolute atomic E-state index is 9.88. The normalized spacial score (nSPS) is 10.9. The molecule has 0 atom stereocenters. The van der Waals surface area contributed by atoms with Crippen LogP contribution in [0.25, 0.3) is 33.3 Å². The number of rotatable bonds is 2. The number of hydrogen-bond acceptors (Lipinski definition) is 5. The summed E-state index contributed by atoms with van der Waals surface area (Å²) in [5.74, 6) is 0.666. The summed E-state index contributed by atoms with van der Waals surface area (Å²) in [4.78, 5) is 12.9. The molecule has 3 N–H and O–H groups in total. The van der Waals surface area contributed by atoms with Crippen LogP contribution in [0.4, 0.5) is 5.82 Å². The quantitative estimate of drug-likeness (QED) is 0.582. The van der Waals surface area contributed by atoms with Crippen LogP contribution in [0, 0.1) is 6.92 Å². The fourth-order valence-corrected chi connectivity index (χ4v) is 2.96. The van der Waals surface area contributed by atoms with Gasteiger partial charge in [-0.2, -0.15) is 0 Å². The number of nitrogen functional groups attached to an aromatic ring is 1. The van der Waals surface area contributed by atoms with E-state index in [0.29, 0.717) is 5.82 Å². The number of nitrogens with zero attached hydrogens (tertiary/aromatic N) is 3. The lowest BCUT2D eigenvalue weighted by molar-refractivity contribution is 0.475. The third-order valence-corrected chi connectivity index (χ3v) is 4.26. The number of pyridine rings is 1. The first-order valence-corrected chi connectivity index (χ1v) is 7.89. The molecule has 2 heterocycles. The molecule has 0 radical (unpaired) electrons. The molecule has 0 saturated carbocycles. The second-order valence-electron chi connectivity index (χ2n) is 5.89. The van der Waals surface area contributed by atoms with Crippen LogP contribution in [0.1, 0.15) is 5.56 Å². The van der Waals surface area contributed by atoms with Crippen molar-refractivity contribution < 1.29 is 5.11 Å². The molecule has 2 aromatic heterocycles. The van der Waals surface area contributed by atoms with Crippen LogP contribution in [0.2, 0.25) is 0 Å². The Bertz CT molecular complexity index is 1090. The summed E-state index contributed by atoms with van der Waals surface area (Å²) in [7, 11) is 0. The fraction of sp³-hybridized carbons (Fsp3) is 0.0500. The third kappa shape index (κ3) is 2.65. The van der Waals surface area contributed by atoms with Crippen molar-refractivity contribution >= 4 is 16.7 Å². The summed E-state index contributed by atoms with van der Waals surface area (Å²) in [6.07, 6.45) is 3.21. The molecule has 122 valence electrons. The van der Waals surface area contributed by atoms with Gasteiger partial charge in [-0.1, -0.05) is 18.2 Å².